The third-order valence-corrected chi connectivity index (χ3v) is 4.06. The highest BCUT2D eigenvalue weighted by molar-refractivity contribution is 7.66. The van der Waals surface area contributed by atoms with Crippen LogP contribution in [0.15, 0.2) is 18.2 Å². The van der Waals surface area contributed by atoms with Crippen LogP contribution in [0.5, 0.6) is 5.75 Å². The van der Waals surface area contributed by atoms with E-state index in [1.807, 2.05) is 6.92 Å². The van der Waals surface area contributed by atoms with Crippen LogP contribution in [-0.4, -0.2) is 19.8 Å². The number of hydrogen-bond acceptors (Lipinski definition) is 4. The van der Waals surface area contributed by atoms with E-state index >= 15 is 0 Å². The number of carbonyl (C=O) groups is 1. The fraction of sp³-hybridized carbons (Fsp3) is 0.364. The molecule has 8 heteroatoms. The van der Waals surface area contributed by atoms with Crippen LogP contribution in [0, 0.1) is 0 Å². The van der Waals surface area contributed by atoms with Crippen LogP contribution >= 0.6 is 7.59 Å². The van der Waals surface area contributed by atoms with Crippen molar-refractivity contribution in [2.75, 3.05) is 23.9 Å². The van der Waals surface area contributed by atoms with E-state index < -0.39 is 13.7 Å². The van der Waals surface area contributed by atoms with Crippen molar-refractivity contribution in [2.24, 2.45) is 0 Å². The average molecular weight is 285 g/mol. The lowest BCUT2D eigenvalue weighted by Crippen LogP contribution is -2.24. The van der Waals surface area contributed by atoms with Gasteiger partial charge in [-0.05, 0) is 18.6 Å². The number of anilines is 2. The number of ether oxygens (including phenoxy) is 2. The molecule has 104 valence electrons. The third kappa shape index (κ3) is 3.12. The number of rotatable bonds is 4. The Balaban J connectivity index is 2.11. The van der Waals surface area contributed by atoms with Gasteiger partial charge >= 0.3 is 13.7 Å². The predicted octanol–water partition coefficient (Wildman–Crippen LogP) is 2.78. The first-order chi connectivity index (χ1) is 9.06. The molecule has 3 N–H and O–H groups in total. The second-order valence-electron chi connectivity index (χ2n) is 3.99. The molecule has 0 radical (unpaired) electrons. The maximum Gasteiger partial charge on any atom is 0.415 e. The molecule has 0 spiro atoms. The van der Waals surface area contributed by atoms with Crippen molar-refractivity contribution in [3.05, 3.63) is 18.2 Å². The lowest BCUT2D eigenvalue weighted by molar-refractivity contribution is 0.177. The van der Waals surface area contributed by atoms with E-state index in [0.29, 0.717) is 23.7 Å². The summed E-state index contributed by atoms with van der Waals surface area (Å²) in [6.45, 7) is 2.63. The predicted molar refractivity (Wildman–Crippen MR) is 72.6 cm³/mol. The lowest BCUT2D eigenvalue weighted by Gasteiger charge is -2.12. The van der Waals surface area contributed by atoms with Gasteiger partial charge in [0.05, 0.1) is 25.1 Å². The van der Waals surface area contributed by atoms with Crippen molar-refractivity contribution < 1.29 is 18.8 Å². The summed E-state index contributed by atoms with van der Waals surface area (Å²) in [4.78, 5) is 11.1. The third-order valence-electron chi connectivity index (χ3n) is 2.45. The van der Waals surface area contributed by atoms with Crippen LogP contribution in [-0.2, 0) is 9.30 Å². The number of carbonyl (C=O) groups excluding carboxylic acids is 1. The van der Waals surface area contributed by atoms with Gasteiger partial charge < -0.3 is 19.6 Å². The Labute approximate surface area is 111 Å². The van der Waals surface area contributed by atoms with Gasteiger partial charge in [0.15, 0.2) is 0 Å². The van der Waals surface area contributed by atoms with E-state index in [4.69, 9.17) is 4.74 Å². The number of methoxy groups -OCH3 is 1. The quantitative estimate of drug-likeness (QED) is 0.737. The molecule has 19 heavy (non-hydrogen) atoms. The van der Waals surface area contributed by atoms with Gasteiger partial charge in [0, 0.05) is 6.07 Å². The number of hydrogen-bond donors (Lipinski definition) is 3. The summed E-state index contributed by atoms with van der Waals surface area (Å²) in [5.74, 6) is 0.682. The first kappa shape index (κ1) is 13.5. The van der Waals surface area contributed by atoms with Gasteiger partial charge in [0.25, 0.3) is 0 Å². The molecule has 1 aromatic rings. The molecule has 1 aromatic carbocycles. The molecule has 0 fully saturated rings. The summed E-state index contributed by atoms with van der Waals surface area (Å²) in [7, 11) is -2.04. The lowest BCUT2D eigenvalue weighted by atomic mass is 10.2. The van der Waals surface area contributed by atoms with Gasteiger partial charge in [-0.2, -0.15) is 0 Å². The zero-order valence-electron chi connectivity index (χ0n) is 10.7. The Morgan fingerprint density at radius 2 is 2.11 bits per heavy atom. The fourth-order valence-electron chi connectivity index (χ4n) is 1.62. The Morgan fingerprint density at radius 3 is 2.79 bits per heavy atom. The highest BCUT2D eigenvalue weighted by Gasteiger charge is 2.32. The maximum atomic E-state index is 12.3. The topological polar surface area (TPSA) is 88.7 Å². The van der Waals surface area contributed by atoms with E-state index in [2.05, 4.69) is 20.0 Å². The highest BCUT2D eigenvalue weighted by atomic mass is 31.2. The van der Waals surface area contributed by atoms with Crippen molar-refractivity contribution in [3.63, 3.8) is 0 Å². The minimum Gasteiger partial charge on any atom is -0.494 e. The summed E-state index contributed by atoms with van der Waals surface area (Å²) in [6, 6.07) is 5.25. The van der Waals surface area contributed by atoms with E-state index in [1.54, 1.807) is 18.2 Å². The molecule has 0 saturated heterocycles. The van der Waals surface area contributed by atoms with Crippen LogP contribution < -0.4 is 20.0 Å². The molecule has 2 rings (SSSR count). The molecule has 0 aromatic heterocycles. The van der Waals surface area contributed by atoms with E-state index in [0.717, 1.165) is 6.42 Å². The Morgan fingerprint density at radius 1 is 1.37 bits per heavy atom. The molecule has 1 aliphatic rings. The molecular weight excluding hydrogens is 269 g/mol. The van der Waals surface area contributed by atoms with Crippen molar-refractivity contribution in [2.45, 2.75) is 13.3 Å². The summed E-state index contributed by atoms with van der Waals surface area (Å²) in [5.41, 5.74) is 1.26. The normalized spacial score (nSPS) is 19.9. The SMILES string of the molecule is CCCOc1ccc2c(c1)NP(=O)(NC(=O)OC)N2. The van der Waals surface area contributed by atoms with Crippen molar-refractivity contribution in [3.8, 4) is 5.75 Å². The van der Waals surface area contributed by atoms with Crippen molar-refractivity contribution in [1.82, 2.24) is 5.09 Å². The van der Waals surface area contributed by atoms with Gasteiger partial charge in [0.2, 0.25) is 0 Å². The average Bonchev–Trinajstić information content (AvgIpc) is 2.71. The molecule has 1 atom stereocenters. The molecule has 7 nitrogen and oxygen atoms in total. The zero-order valence-corrected chi connectivity index (χ0v) is 11.6. The number of amides is 1. The molecule has 0 saturated carbocycles. The summed E-state index contributed by atoms with van der Waals surface area (Å²) in [5, 5.41) is 7.73. The second-order valence-corrected chi connectivity index (χ2v) is 5.88. The smallest absolute Gasteiger partial charge is 0.415 e. The largest absolute Gasteiger partial charge is 0.494 e. The van der Waals surface area contributed by atoms with E-state index in [1.165, 1.54) is 7.11 Å². The molecular formula is C11H16N3O4P. The maximum absolute atomic E-state index is 12.3. The van der Waals surface area contributed by atoms with Gasteiger partial charge in [-0.1, -0.05) is 6.92 Å². The summed E-state index contributed by atoms with van der Waals surface area (Å²) < 4.78 is 22.2. The van der Waals surface area contributed by atoms with Crippen molar-refractivity contribution in [1.29, 1.82) is 0 Å². The number of fused-ring (bicyclic) bond motifs is 1. The summed E-state index contributed by atoms with van der Waals surface area (Å²) in [6.07, 6.45) is 0.143. The minimum atomic E-state index is -3.25. The van der Waals surface area contributed by atoms with Gasteiger partial charge in [0.1, 0.15) is 5.75 Å². The highest BCUT2D eigenvalue weighted by Crippen LogP contribution is 2.51. The molecule has 1 aliphatic heterocycles. The van der Waals surface area contributed by atoms with Crippen LogP contribution in [0.1, 0.15) is 13.3 Å². The molecule has 1 unspecified atom stereocenters. The Bertz CT molecular complexity index is 535. The van der Waals surface area contributed by atoms with Crippen LogP contribution in [0.25, 0.3) is 0 Å². The van der Waals surface area contributed by atoms with Crippen LogP contribution in [0.3, 0.4) is 0 Å². The fourth-order valence-corrected chi connectivity index (χ4v) is 3.19. The monoisotopic (exact) mass is 285 g/mol. The van der Waals surface area contributed by atoms with Gasteiger partial charge in [-0.15, -0.1) is 0 Å². The Kier molecular flexibility index (Phi) is 3.85. The van der Waals surface area contributed by atoms with Crippen LogP contribution in [0.2, 0.25) is 0 Å². The summed E-state index contributed by atoms with van der Waals surface area (Å²) >= 11 is 0. The minimum absolute atomic E-state index is 0.615. The van der Waals surface area contributed by atoms with Crippen molar-refractivity contribution >= 4 is 25.1 Å². The number of benzene rings is 1. The van der Waals surface area contributed by atoms with Gasteiger partial charge in [-0.3, -0.25) is 4.57 Å². The standard InChI is InChI=1S/C11H16N3O4P/c1-3-6-18-8-4-5-9-10(7-8)13-19(16,12-9)14-11(15)17-2/h4-5,7H,3,6H2,1-2H3,(H3,12,13,14,15,16). The molecule has 1 heterocycles. The molecule has 0 bridgehead atoms. The zero-order chi connectivity index (χ0) is 13.9. The first-order valence-corrected chi connectivity index (χ1v) is 7.56. The second kappa shape index (κ2) is 5.40. The molecule has 1 amide bonds. The molecule has 0 aliphatic carbocycles. The number of nitrogens with one attached hydrogen (secondary N) is 3. The van der Waals surface area contributed by atoms with E-state index in [9.17, 15) is 9.36 Å². The van der Waals surface area contributed by atoms with Gasteiger partial charge in [-0.25, -0.2) is 9.88 Å². The first-order valence-electron chi connectivity index (χ1n) is 5.86. The van der Waals surface area contributed by atoms with E-state index in [-0.39, 0.29) is 0 Å². The van der Waals surface area contributed by atoms with Crippen LogP contribution in [0.4, 0.5) is 16.2 Å². The Hall–Kier alpha value is -1.88.